The molecule has 0 radical (unpaired) electrons. The smallest absolute Gasteiger partial charge is 0.274 e. The van der Waals surface area contributed by atoms with Crippen LogP contribution >= 0.6 is 116 Å². The van der Waals surface area contributed by atoms with Gasteiger partial charge in [0, 0.05) is 184 Å². The first kappa shape index (κ1) is 103. The Morgan fingerprint density at radius 3 is 1.54 bits per heavy atom. The first-order chi connectivity index (χ1) is 55.8. The number of aromatic nitrogens is 5. The SMILES string of the molecule is C.CN(C)C(=NC#N)N(C)Cc1ccc(Cl)nc1.CN/C(=N\[N+](=O)[O-])NCC1CCOC1.CN/C(=N\[N+](=O)[O-])NCc1ccc(Cl)nc1.CN/C(=N\[N+](=O)[O-])NCc1cnc(Cl)s1.CSCCN1CCNC1=C[N+](=O)[O-].O=[N+]([O-])/C=C1\NCCN1Cc1cnc(Cl)s1.O=[N+]([O-])/N=C1\NCCN1Cc1cnc(Cl)s1.O=[N+]([O-])C=C1NCCCS1. The number of halogens is 5. The molecule has 58 heteroatoms. The lowest BCUT2D eigenvalue weighted by Gasteiger charge is -2.25. The highest BCUT2D eigenvalue weighted by atomic mass is 35.5. The number of thioether (sulfide) groups is 2. The fourth-order valence-corrected chi connectivity index (χ4v) is 13.6. The van der Waals surface area contributed by atoms with Gasteiger partial charge in [-0.15, -0.1) is 50.8 Å². The van der Waals surface area contributed by atoms with Crippen molar-refractivity contribution in [3.05, 3.63) is 211 Å². The van der Waals surface area contributed by atoms with Crippen molar-refractivity contribution in [2.75, 3.05) is 132 Å². The van der Waals surface area contributed by atoms with Crippen LogP contribution < -0.4 is 53.2 Å². The van der Waals surface area contributed by atoms with Crippen molar-refractivity contribution < 1.29 is 39.6 Å². The van der Waals surface area contributed by atoms with Gasteiger partial charge in [-0.05, 0) is 42.4 Å². The van der Waals surface area contributed by atoms with E-state index in [4.69, 9.17) is 68.0 Å². The van der Waals surface area contributed by atoms with E-state index in [1.54, 1.807) is 84.0 Å². The number of guanidine groups is 5. The molecule has 10 rings (SSSR count). The van der Waals surface area contributed by atoms with Crippen molar-refractivity contribution in [2.45, 2.75) is 53.0 Å². The third kappa shape index (κ3) is 46.2. The van der Waals surface area contributed by atoms with E-state index in [2.05, 4.69) is 103 Å². The van der Waals surface area contributed by atoms with E-state index in [0.717, 1.165) is 108 Å². The number of ether oxygens (including phenoxy) is 1. The first-order valence-electron chi connectivity index (χ1n) is 33.8. The maximum Gasteiger partial charge on any atom is 0.274 e. The number of hydrogen-bond donors (Lipinski definition) is 10. The molecule has 0 spiro atoms. The Morgan fingerprint density at radius 1 is 0.627 bits per heavy atom. The summed E-state index contributed by atoms with van der Waals surface area (Å²) in [5, 5.41) is 119. The van der Waals surface area contributed by atoms with Gasteiger partial charge in [0.25, 0.3) is 42.4 Å². The predicted octanol–water partition coefficient (Wildman–Crippen LogP) is 5.97. The summed E-state index contributed by atoms with van der Waals surface area (Å²) in [5.41, 5.74) is 1.85. The van der Waals surface area contributed by atoms with Crippen LogP contribution in [0.15, 0.2) is 116 Å². The second-order valence-electron chi connectivity index (χ2n) is 22.9. The molecule has 5 saturated heterocycles. The third-order valence-corrected chi connectivity index (χ3v) is 19.6. The average molecular weight is 1850 g/mol. The zero-order chi connectivity index (χ0) is 86.6. The lowest BCUT2D eigenvalue weighted by Crippen LogP contribution is -2.38. The van der Waals surface area contributed by atoms with Gasteiger partial charge in [-0.2, -0.15) is 17.0 Å². The molecule has 48 nitrogen and oxygen atoms in total. The molecule has 0 saturated carbocycles. The highest BCUT2D eigenvalue weighted by molar-refractivity contribution is 8.03. The number of pyridine rings is 2. The van der Waals surface area contributed by atoms with Gasteiger partial charge < -0.3 is 82.4 Å². The summed E-state index contributed by atoms with van der Waals surface area (Å²) in [6, 6.07) is 7.04. The monoisotopic (exact) mass is 1850 g/mol. The maximum absolute atomic E-state index is 10.4. The zero-order valence-corrected chi connectivity index (χ0v) is 71.4. The molecule has 5 aromatic rings. The standard InChI is InChI=1S/C11H14ClN5.C8H10ClN5O2.C8H9ClN4O2S.C7H8ClN5O2S.C7H14N4O3.C7H13N3O2S.C6H8ClN5O2S.C5H8N2O2S.CH4/c1-16(2)11(15-8-13)17(3)7-9-4-5-10(12)14-6-9;1-10-8(13-14(15)16)12-5-6-2-3-7(9)11-4-6;9-8-11-3-6(16-8)4-12-2-1-10-7(12)5-13(14)15;8-6-10-3-5(16-6)4-12-2-1-9-7(12)11-13(14)15;1-8-7(10-11(12)13)9-4-6-2-3-14-5-6;1-13-5-4-9-3-2-8-7(9)6-10(11)12;1-8-6(11-12(13)14)10-3-4-2-9-5(7)15-4;8-7(9)4-5-6-2-1-3-10-5;/h4-6H,7H2,1-3H3;2-4H,5H2,1H3,(H2,10,12,13);3,5,10H,1-2,4H2;3H,1-2,4H2,(H,9,11);6H,2-5H2,1H3,(H2,8,9,10);6,8H,2-5H2,1H3;2H,3H2,1H3,(H2,8,10,11);4,6H,1-3H2;1H4/b;;7-5+;;;;;;. The Labute approximate surface area is 721 Å². The molecule has 5 aromatic heterocycles. The number of nitrogens with one attached hydrogen (secondary N) is 10. The molecule has 0 amide bonds. The van der Waals surface area contributed by atoms with Gasteiger partial charge in [0.05, 0.1) is 41.0 Å². The summed E-state index contributed by atoms with van der Waals surface area (Å²) in [6.45, 7) is 10.8. The molecule has 1 atom stereocenters. The van der Waals surface area contributed by atoms with Gasteiger partial charge in [0.1, 0.15) is 35.7 Å². The number of nitro groups is 7. The van der Waals surface area contributed by atoms with Crippen LogP contribution in [0.25, 0.3) is 0 Å². The topological polar surface area (TPSA) is 598 Å². The Hall–Kier alpha value is -10.8. The minimum Gasteiger partial charge on any atom is -0.381 e. The fraction of sp³-hybridized carbons (Fsp3) is 0.483. The van der Waals surface area contributed by atoms with Crippen LogP contribution in [0.4, 0.5) is 0 Å². The molecule has 5 aliphatic heterocycles. The van der Waals surface area contributed by atoms with Gasteiger partial charge in [0.15, 0.2) is 45.2 Å². The highest BCUT2D eigenvalue weighted by Crippen LogP contribution is 2.24. The fourth-order valence-electron chi connectivity index (χ4n) is 9.19. The van der Waals surface area contributed by atoms with Gasteiger partial charge in [-0.1, -0.05) is 77.6 Å². The third-order valence-electron chi connectivity index (χ3n) is 14.2. The van der Waals surface area contributed by atoms with E-state index in [1.807, 2.05) is 48.2 Å². The van der Waals surface area contributed by atoms with Crippen molar-refractivity contribution in [3.8, 4) is 6.19 Å². The van der Waals surface area contributed by atoms with Gasteiger partial charge in [0.2, 0.25) is 12.2 Å². The highest BCUT2D eigenvalue weighted by Gasteiger charge is 2.24. The molecular weight excluding hydrogens is 1760 g/mol. The number of aliphatic imine (C=N–C) groups is 1. The van der Waals surface area contributed by atoms with Crippen LogP contribution in [0.2, 0.25) is 23.7 Å². The van der Waals surface area contributed by atoms with E-state index < -0.39 is 34.9 Å². The average Bonchev–Trinajstić information content (AvgIpc) is 1.19. The van der Waals surface area contributed by atoms with Gasteiger partial charge in [-0.25, -0.2) is 65.4 Å². The lowest BCUT2D eigenvalue weighted by molar-refractivity contribution is -0.485. The van der Waals surface area contributed by atoms with Crippen molar-refractivity contribution in [3.63, 3.8) is 0 Å². The summed E-state index contributed by atoms with van der Waals surface area (Å²) < 4.78 is 6.56. The van der Waals surface area contributed by atoms with E-state index >= 15 is 0 Å². The summed E-state index contributed by atoms with van der Waals surface area (Å²) in [5.74, 6) is 4.81. The molecule has 1 unspecified atom stereocenters. The summed E-state index contributed by atoms with van der Waals surface area (Å²) >= 11 is 35.6. The predicted molar refractivity (Wildman–Crippen MR) is 455 cm³/mol. The lowest BCUT2D eigenvalue weighted by atomic mass is 10.1. The largest absolute Gasteiger partial charge is 0.381 e. The second kappa shape index (κ2) is 58.9. The minimum absolute atomic E-state index is 0. The number of thiazole rings is 3. The van der Waals surface area contributed by atoms with Crippen molar-refractivity contribution in [1.82, 2.24) is 103 Å². The minimum atomic E-state index is -0.779. The molecule has 0 bridgehead atoms. The molecular formula is C60H88Cl5N33O15S5. The summed E-state index contributed by atoms with van der Waals surface area (Å²) in [6.07, 6.45) is 17.2. The first-order valence-corrected chi connectivity index (χ1v) is 40.5. The van der Waals surface area contributed by atoms with E-state index in [0.29, 0.717) is 118 Å². The Kier molecular flexibility index (Phi) is 51.5. The number of rotatable bonds is 22. The van der Waals surface area contributed by atoms with Crippen molar-refractivity contribution in [1.29, 1.82) is 5.26 Å². The molecule has 5 aliphatic rings. The molecule has 0 aromatic carbocycles. The van der Waals surface area contributed by atoms with E-state index in [-0.39, 0.29) is 31.3 Å². The number of nitriles is 1. The summed E-state index contributed by atoms with van der Waals surface area (Å²) in [4.78, 5) is 105. The Bertz CT molecular complexity index is 4160. The molecule has 118 heavy (non-hydrogen) atoms. The molecule has 648 valence electrons. The van der Waals surface area contributed by atoms with Crippen LogP contribution in [0.3, 0.4) is 0 Å². The Morgan fingerprint density at radius 2 is 1.11 bits per heavy atom. The molecule has 10 N–H and O–H groups in total. The number of hydrogen-bond acceptors (Lipinski definition) is 32. The molecule has 5 fully saturated rings. The molecule has 10 heterocycles. The molecule has 0 aliphatic carbocycles. The van der Waals surface area contributed by atoms with Crippen LogP contribution in [-0.4, -0.2) is 246 Å². The maximum atomic E-state index is 10.4. The number of hydrazone groups is 4. The van der Waals surface area contributed by atoms with Crippen molar-refractivity contribution in [2.24, 2.45) is 31.3 Å². The quantitative estimate of drug-likeness (QED) is 0.00952. The second-order valence-corrected chi connectivity index (χ2v) is 30.9. The van der Waals surface area contributed by atoms with E-state index in [1.165, 1.54) is 59.9 Å². The van der Waals surface area contributed by atoms with Crippen LogP contribution in [0, 0.1) is 88.2 Å². The van der Waals surface area contributed by atoms with Crippen molar-refractivity contribution >= 4 is 145 Å². The Balaban J connectivity index is 0.000000458. The van der Waals surface area contributed by atoms with Crippen LogP contribution in [0.5, 0.6) is 0 Å². The van der Waals surface area contributed by atoms with Crippen LogP contribution in [0.1, 0.15) is 46.0 Å². The van der Waals surface area contributed by atoms with Gasteiger partial charge >= 0.3 is 0 Å². The van der Waals surface area contributed by atoms with Gasteiger partial charge in [-0.3, -0.25) is 30.3 Å². The number of nitrogens with zero attached hydrogens (tertiary/aromatic N) is 23. The summed E-state index contributed by atoms with van der Waals surface area (Å²) in [7, 11) is 10.2. The van der Waals surface area contributed by atoms with Crippen LogP contribution in [-0.2, 0) is 37.5 Å². The zero-order valence-electron chi connectivity index (χ0n) is 63.5. The normalized spacial score (nSPS) is 15.9. The van der Waals surface area contributed by atoms with E-state index in [9.17, 15) is 70.8 Å².